The van der Waals surface area contributed by atoms with Crippen molar-refractivity contribution in [3.8, 4) is 0 Å². The topological polar surface area (TPSA) is 27.3 Å². The number of hydrogen-bond acceptors (Lipinski definition) is 2. The fraction of sp³-hybridized carbons (Fsp3) is 0.650. The first kappa shape index (κ1) is 17.7. The lowest BCUT2D eigenvalue weighted by molar-refractivity contribution is 0.0191. The predicted molar refractivity (Wildman–Crippen MR) is 107 cm³/mol. The number of aryl methyl sites for hydroxylation is 1. The van der Waals surface area contributed by atoms with Crippen molar-refractivity contribution in [3.05, 3.63) is 29.8 Å². The fourth-order valence-electron chi connectivity index (χ4n) is 4.39. The van der Waals surface area contributed by atoms with Crippen molar-refractivity contribution < 1.29 is 0 Å². The Labute approximate surface area is 152 Å². The molecule has 0 saturated carbocycles. The lowest BCUT2D eigenvalue weighted by atomic mass is 9.81. The van der Waals surface area contributed by atoms with Crippen molar-refractivity contribution >= 4 is 23.0 Å². The number of nitrogens with zero attached hydrogens (tertiary/aromatic N) is 1. The van der Waals surface area contributed by atoms with Gasteiger partial charge in [0, 0.05) is 30.4 Å². The summed E-state index contributed by atoms with van der Waals surface area (Å²) in [6.45, 7) is 8.02. The van der Waals surface area contributed by atoms with Crippen LogP contribution in [0.2, 0.25) is 0 Å². The molecule has 2 aliphatic rings. The Morgan fingerprint density at radius 3 is 2.58 bits per heavy atom. The first-order valence-electron chi connectivity index (χ1n) is 9.41. The molecular weight excluding hydrogens is 314 g/mol. The third-order valence-corrected chi connectivity index (χ3v) is 5.53. The van der Waals surface area contributed by atoms with Crippen LogP contribution in [0, 0.1) is 12.8 Å². The number of benzene rings is 1. The Bertz CT molecular complexity index is 558. The Balaban J connectivity index is 1.56. The zero-order chi connectivity index (χ0) is 17.1. The number of fused-ring (bicyclic) bond motifs is 2. The number of rotatable bonds is 4. The molecule has 2 saturated heterocycles. The van der Waals surface area contributed by atoms with Crippen LogP contribution in [0.25, 0.3) is 0 Å². The molecule has 0 aromatic heterocycles. The Hall–Kier alpha value is -1.13. The molecule has 132 valence electrons. The summed E-state index contributed by atoms with van der Waals surface area (Å²) in [7, 11) is 0. The number of thiocarbonyl (C=S) groups is 1. The molecule has 2 heterocycles. The summed E-state index contributed by atoms with van der Waals surface area (Å²) >= 11 is 5.56. The van der Waals surface area contributed by atoms with E-state index in [9.17, 15) is 0 Å². The third-order valence-electron chi connectivity index (χ3n) is 5.31. The number of anilines is 1. The number of piperidine rings is 2. The second-order valence-electron chi connectivity index (χ2n) is 7.97. The third kappa shape index (κ3) is 4.48. The maximum atomic E-state index is 5.56. The van der Waals surface area contributed by atoms with Crippen LogP contribution in [0.3, 0.4) is 0 Å². The smallest absolute Gasteiger partial charge is 0.170 e. The lowest BCUT2D eigenvalue weighted by Gasteiger charge is -2.49. The monoisotopic (exact) mass is 345 g/mol. The van der Waals surface area contributed by atoms with Gasteiger partial charge in [0.2, 0.25) is 0 Å². The molecular formula is C20H31N3S. The van der Waals surface area contributed by atoms with Gasteiger partial charge in [-0.1, -0.05) is 32.4 Å². The van der Waals surface area contributed by atoms with Gasteiger partial charge in [-0.3, -0.25) is 4.90 Å². The van der Waals surface area contributed by atoms with Gasteiger partial charge in [-0.15, -0.1) is 0 Å². The Morgan fingerprint density at radius 1 is 1.25 bits per heavy atom. The van der Waals surface area contributed by atoms with Crippen LogP contribution >= 0.6 is 12.2 Å². The van der Waals surface area contributed by atoms with E-state index in [0.717, 1.165) is 28.8 Å². The molecule has 0 aliphatic carbocycles. The molecule has 4 heteroatoms. The van der Waals surface area contributed by atoms with Crippen molar-refractivity contribution in [2.45, 2.75) is 71.0 Å². The fourth-order valence-corrected chi connectivity index (χ4v) is 4.68. The van der Waals surface area contributed by atoms with E-state index in [-0.39, 0.29) is 0 Å². The summed E-state index contributed by atoms with van der Waals surface area (Å²) in [6.07, 6.45) is 6.53. The average molecular weight is 346 g/mol. The average Bonchev–Trinajstić information content (AvgIpc) is 2.47. The molecule has 2 fully saturated rings. The second kappa shape index (κ2) is 7.83. The highest BCUT2D eigenvalue weighted by Gasteiger charge is 2.38. The highest BCUT2D eigenvalue weighted by Crippen LogP contribution is 2.34. The zero-order valence-electron chi connectivity index (χ0n) is 15.2. The first-order chi connectivity index (χ1) is 11.5. The van der Waals surface area contributed by atoms with Gasteiger partial charge in [-0.05, 0) is 68.4 Å². The van der Waals surface area contributed by atoms with Crippen molar-refractivity contribution in [1.29, 1.82) is 0 Å². The van der Waals surface area contributed by atoms with E-state index in [1.165, 1.54) is 44.2 Å². The van der Waals surface area contributed by atoms with Gasteiger partial charge in [0.1, 0.15) is 0 Å². The molecule has 0 unspecified atom stereocenters. The van der Waals surface area contributed by atoms with E-state index in [1.807, 2.05) is 0 Å². The summed E-state index contributed by atoms with van der Waals surface area (Å²) in [6, 6.07) is 10.4. The van der Waals surface area contributed by atoms with Crippen LogP contribution in [-0.2, 0) is 0 Å². The van der Waals surface area contributed by atoms with Crippen LogP contribution in [0.1, 0.15) is 51.5 Å². The molecule has 0 amide bonds. The quantitative estimate of drug-likeness (QED) is 0.795. The highest BCUT2D eigenvalue weighted by molar-refractivity contribution is 7.80. The molecule has 3 nitrogen and oxygen atoms in total. The van der Waals surface area contributed by atoms with Crippen LogP contribution in [0.4, 0.5) is 5.69 Å². The van der Waals surface area contributed by atoms with Gasteiger partial charge in [-0.25, -0.2) is 0 Å². The minimum absolute atomic E-state index is 0.508. The van der Waals surface area contributed by atoms with Gasteiger partial charge in [0.05, 0.1) is 0 Å². The molecule has 2 aliphatic heterocycles. The molecule has 2 N–H and O–H groups in total. The Morgan fingerprint density at radius 2 is 1.96 bits per heavy atom. The Kier molecular flexibility index (Phi) is 5.77. The zero-order valence-corrected chi connectivity index (χ0v) is 16.0. The molecule has 3 rings (SSSR count). The summed E-state index contributed by atoms with van der Waals surface area (Å²) in [5.74, 6) is 0.752. The molecule has 1 aromatic carbocycles. The van der Waals surface area contributed by atoms with Crippen LogP contribution < -0.4 is 10.6 Å². The number of hydrogen-bond donors (Lipinski definition) is 2. The molecule has 2 atom stereocenters. The molecule has 0 radical (unpaired) electrons. The predicted octanol–water partition coefficient (Wildman–Crippen LogP) is 4.32. The van der Waals surface area contributed by atoms with Crippen LogP contribution in [0.15, 0.2) is 24.3 Å². The molecule has 1 aromatic rings. The SMILES string of the molecule is Cc1cccc(NC(=S)NC2C[C@@H]3CCC[C@@H](C2)N3CC(C)C)c1. The number of nitrogens with one attached hydrogen (secondary N) is 2. The standard InChI is InChI=1S/C20H31N3S/c1-14(2)13-23-18-8-5-9-19(23)12-17(11-18)22-20(24)21-16-7-4-6-15(3)10-16/h4,6-7,10,14,17-19H,5,8-9,11-13H2,1-3H3,(H2,21,22,24)/t18-,19-/m0/s1. The van der Waals surface area contributed by atoms with Crippen LogP contribution in [0.5, 0.6) is 0 Å². The van der Waals surface area contributed by atoms with Crippen molar-refractivity contribution in [2.24, 2.45) is 5.92 Å². The normalized spacial score (nSPS) is 27.1. The second-order valence-corrected chi connectivity index (χ2v) is 8.37. The lowest BCUT2D eigenvalue weighted by Crippen LogP contribution is -2.58. The van der Waals surface area contributed by atoms with Crippen molar-refractivity contribution in [3.63, 3.8) is 0 Å². The van der Waals surface area contributed by atoms with Gasteiger partial charge in [0.15, 0.2) is 5.11 Å². The summed E-state index contributed by atoms with van der Waals surface area (Å²) in [5, 5.41) is 7.69. The summed E-state index contributed by atoms with van der Waals surface area (Å²) in [5.41, 5.74) is 2.32. The van der Waals surface area contributed by atoms with Crippen LogP contribution in [-0.4, -0.2) is 34.7 Å². The summed E-state index contributed by atoms with van der Waals surface area (Å²) in [4.78, 5) is 2.78. The van der Waals surface area contributed by atoms with E-state index in [2.05, 4.69) is 60.6 Å². The van der Waals surface area contributed by atoms with E-state index in [4.69, 9.17) is 12.2 Å². The van der Waals surface area contributed by atoms with E-state index >= 15 is 0 Å². The van der Waals surface area contributed by atoms with Gasteiger partial charge in [-0.2, -0.15) is 0 Å². The first-order valence-corrected chi connectivity index (χ1v) is 9.82. The molecule has 24 heavy (non-hydrogen) atoms. The molecule has 0 spiro atoms. The molecule has 2 bridgehead atoms. The maximum Gasteiger partial charge on any atom is 0.170 e. The van der Waals surface area contributed by atoms with Gasteiger partial charge >= 0.3 is 0 Å². The van der Waals surface area contributed by atoms with E-state index in [0.29, 0.717) is 6.04 Å². The van der Waals surface area contributed by atoms with E-state index in [1.54, 1.807) is 0 Å². The summed E-state index contributed by atoms with van der Waals surface area (Å²) < 4.78 is 0. The van der Waals surface area contributed by atoms with E-state index < -0.39 is 0 Å². The van der Waals surface area contributed by atoms with Crippen molar-refractivity contribution in [1.82, 2.24) is 10.2 Å². The maximum absolute atomic E-state index is 5.56. The minimum atomic E-state index is 0.508. The van der Waals surface area contributed by atoms with Gasteiger partial charge in [0.25, 0.3) is 0 Å². The largest absolute Gasteiger partial charge is 0.360 e. The van der Waals surface area contributed by atoms with Crippen molar-refractivity contribution in [2.75, 3.05) is 11.9 Å². The highest BCUT2D eigenvalue weighted by atomic mass is 32.1. The minimum Gasteiger partial charge on any atom is -0.360 e. The van der Waals surface area contributed by atoms with Gasteiger partial charge < -0.3 is 10.6 Å².